The molecule has 3 rings (SSSR count). The van der Waals surface area contributed by atoms with Gasteiger partial charge in [-0.2, -0.15) is 0 Å². The van der Waals surface area contributed by atoms with E-state index in [9.17, 15) is 14.0 Å². The molecule has 0 saturated carbocycles. The molecule has 6 nitrogen and oxygen atoms in total. The van der Waals surface area contributed by atoms with Gasteiger partial charge in [-0.3, -0.25) is 4.79 Å². The van der Waals surface area contributed by atoms with Crippen molar-refractivity contribution in [3.8, 4) is 0 Å². The summed E-state index contributed by atoms with van der Waals surface area (Å²) in [6.45, 7) is 3.55. The number of halogens is 1. The van der Waals surface area contributed by atoms with Gasteiger partial charge in [0, 0.05) is 37.6 Å². The molecule has 2 aromatic rings. The molecule has 1 aliphatic rings. The van der Waals surface area contributed by atoms with Gasteiger partial charge < -0.3 is 14.5 Å². The summed E-state index contributed by atoms with van der Waals surface area (Å²) < 4.78 is 18.8. The quantitative estimate of drug-likeness (QED) is 0.581. The second-order valence-electron chi connectivity index (χ2n) is 6.05. The molecule has 0 spiro atoms. The molecule has 0 radical (unpaired) electrons. The number of anilines is 1. The van der Waals surface area contributed by atoms with Gasteiger partial charge in [-0.15, -0.1) is 11.3 Å². The number of thiazole rings is 1. The summed E-state index contributed by atoms with van der Waals surface area (Å²) in [4.78, 5) is 31.7. The SMILES string of the molecule is Cc1nc(/C=C/C(=O)OCC(=O)N2CCN(c3ccccc3F)CC2)cs1. The Labute approximate surface area is 160 Å². The lowest BCUT2D eigenvalue weighted by atomic mass is 10.2. The third kappa shape index (κ3) is 5.13. The lowest BCUT2D eigenvalue weighted by Crippen LogP contribution is -2.50. The molecule has 0 bridgehead atoms. The molecule has 1 aromatic carbocycles. The Balaban J connectivity index is 1.43. The summed E-state index contributed by atoms with van der Waals surface area (Å²) in [5.74, 6) is -1.11. The third-order valence-corrected chi connectivity index (χ3v) is 4.98. The summed E-state index contributed by atoms with van der Waals surface area (Å²) in [6.07, 6.45) is 2.82. The Morgan fingerprint density at radius 1 is 1.26 bits per heavy atom. The summed E-state index contributed by atoms with van der Waals surface area (Å²) >= 11 is 1.49. The standard InChI is InChI=1S/C19H20FN3O3S/c1-14-21-15(13-27-14)6-7-19(25)26-12-18(24)23-10-8-22(9-11-23)17-5-3-2-4-16(17)20/h2-7,13H,8-12H2,1H3/b7-6+. The van der Waals surface area contributed by atoms with Crippen molar-refractivity contribution in [2.24, 2.45) is 0 Å². The van der Waals surface area contributed by atoms with E-state index in [1.165, 1.54) is 23.5 Å². The Morgan fingerprint density at radius 2 is 2.00 bits per heavy atom. The summed E-state index contributed by atoms with van der Waals surface area (Å²) in [7, 11) is 0. The Morgan fingerprint density at radius 3 is 2.67 bits per heavy atom. The van der Waals surface area contributed by atoms with Crippen molar-refractivity contribution in [1.29, 1.82) is 0 Å². The lowest BCUT2D eigenvalue weighted by Gasteiger charge is -2.36. The number of carbonyl (C=O) groups excluding carboxylic acids is 2. The van der Waals surface area contributed by atoms with Crippen molar-refractivity contribution >= 4 is 35.0 Å². The molecule has 0 atom stereocenters. The molecule has 27 heavy (non-hydrogen) atoms. The number of aryl methyl sites for hydroxylation is 1. The predicted octanol–water partition coefficient (Wildman–Crippen LogP) is 2.50. The highest BCUT2D eigenvalue weighted by molar-refractivity contribution is 7.09. The molecule has 1 saturated heterocycles. The summed E-state index contributed by atoms with van der Waals surface area (Å²) in [5.41, 5.74) is 1.23. The van der Waals surface area contributed by atoms with Crippen LogP contribution < -0.4 is 4.90 Å². The molecular formula is C19H20FN3O3S. The monoisotopic (exact) mass is 389 g/mol. The van der Waals surface area contributed by atoms with E-state index in [-0.39, 0.29) is 18.3 Å². The van der Waals surface area contributed by atoms with E-state index in [1.807, 2.05) is 17.2 Å². The molecule has 1 fully saturated rings. The molecule has 142 valence electrons. The number of nitrogens with zero attached hydrogens (tertiary/aromatic N) is 3. The zero-order valence-electron chi connectivity index (χ0n) is 14.9. The molecule has 1 aromatic heterocycles. The van der Waals surface area contributed by atoms with Gasteiger partial charge in [0.25, 0.3) is 5.91 Å². The largest absolute Gasteiger partial charge is 0.452 e. The number of ether oxygens (including phenoxy) is 1. The minimum Gasteiger partial charge on any atom is -0.452 e. The van der Waals surface area contributed by atoms with Crippen molar-refractivity contribution < 1.29 is 18.7 Å². The second-order valence-corrected chi connectivity index (χ2v) is 7.11. The Hall–Kier alpha value is -2.74. The average molecular weight is 389 g/mol. The number of para-hydroxylation sites is 1. The fourth-order valence-electron chi connectivity index (χ4n) is 2.79. The number of hydrogen-bond donors (Lipinski definition) is 0. The fourth-order valence-corrected chi connectivity index (χ4v) is 3.37. The molecule has 0 unspecified atom stereocenters. The van der Waals surface area contributed by atoms with E-state index in [2.05, 4.69) is 4.98 Å². The maximum absolute atomic E-state index is 13.8. The first-order valence-electron chi connectivity index (χ1n) is 8.57. The smallest absolute Gasteiger partial charge is 0.331 e. The molecule has 1 aliphatic heterocycles. The Bertz CT molecular complexity index is 844. The van der Waals surface area contributed by atoms with Crippen molar-refractivity contribution in [3.05, 3.63) is 52.2 Å². The van der Waals surface area contributed by atoms with Crippen LogP contribution in [-0.4, -0.2) is 54.5 Å². The van der Waals surface area contributed by atoms with E-state index in [4.69, 9.17) is 4.74 Å². The molecule has 2 heterocycles. The van der Waals surface area contributed by atoms with Crippen molar-refractivity contribution in [3.63, 3.8) is 0 Å². The number of esters is 1. The van der Waals surface area contributed by atoms with E-state index in [0.29, 0.717) is 37.6 Å². The van der Waals surface area contributed by atoms with Gasteiger partial charge in [0.2, 0.25) is 0 Å². The van der Waals surface area contributed by atoms with Crippen LogP contribution in [0.5, 0.6) is 0 Å². The van der Waals surface area contributed by atoms with Crippen LogP contribution >= 0.6 is 11.3 Å². The van der Waals surface area contributed by atoms with Crippen LogP contribution in [0.2, 0.25) is 0 Å². The zero-order chi connectivity index (χ0) is 19.2. The van der Waals surface area contributed by atoms with E-state index in [0.717, 1.165) is 5.01 Å². The average Bonchev–Trinajstić information content (AvgIpc) is 3.10. The highest BCUT2D eigenvalue weighted by Crippen LogP contribution is 2.20. The number of benzene rings is 1. The van der Waals surface area contributed by atoms with Crippen LogP contribution in [0, 0.1) is 12.7 Å². The first kappa shape index (κ1) is 19.0. The number of carbonyl (C=O) groups is 2. The second kappa shape index (κ2) is 8.77. The maximum Gasteiger partial charge on any atom is 0.331 e. The minimum absolute atomic E-state index is 0.255. The molecule has 0 aliphatic carbocycles. The first-order chi connectivity index (χ1) is 13.0. The molecule has 1 amide bonds. The summed E-state index contributed by atoms with van der Waals surface area (Å²) in [5, 5.41) is 2.74. The normalized spacial score (nSPS) is 14.6. The fraction of sp³-hybridized carbons (Fsp3) is 0.316. The van der Waals surface area contributed by atoms with Gasteiger partial charge in [-0.1, -0.05) is 12.1 Å². The molecule has 8 heteroatoms. The molecular weight excluding hydrogens is 369 g/mol. The van der Waals surface area contributed by atoms with E-state index >= 15 is 0 Å². The van der Waals surface area contributed by atoms with Gasteiger partial charge in [0.1, 0.15) is 5.82 Å². The van der Waals surface area contributed by atoms with Crippen molar-refractivity contribution in [1.82, 2.24) is 9.88 Å². The maximum atomic E-state index is 13.8. The lowest BCUT2D eigenvalue weighted by molar-refractivity contribution is -0.148. The van der Waals surface area contributed by atoms with Crippen LogP contribution in [0.25, 0.3) is 6.08 Å². The van der Waals surface area contributed by atoms with Crippen LogP contribution in [0.1, 0.15) is 10.7 Å². The van der Waals surface area contributed by atoms with Crippen LogP contribution in [0.3, 0.4) is 0 Å². The van der Waals surface area contributed by atoms with E-state index in [1.54, 1.807) is 29.2 Å². The Kier molecular flexibility index (Phi) is 6.18. The van der Waals surface area contributed by atoms with Gasteiger partial charge in [-0.05, 0) is 25.1 Å². The first-order valence-corrected chi connectivity index (χ1v) is 9.45. The number of hydrogen-bond acceptors (Lipinski definition) is 6. The number of rotatable bonds is 5. The topological polar surface area (TPSA) is 62.7 Å². The van der Waals surface area contributed by atoms with Crippen molar-refractivity contribution in [2.45, 2.75) is 6.92 Å². The predicted molar refractivity (Wildman–Crippen MR) is 102 cm³/mol. The van der Waals surface area contributed by atoms with Gasteiger partial charge in [0.05, 0.1) is 16.4 Å². The van der Waals surface area contributed by atoms with E-state index < -0.39 is 5.97 Å². The van der Waals surface area contributed by atoms with Gasteiger partial charge in [0.15, 0.2) is 6.61 Å². The third-order valence-electron chi connectivity index (χ3n) is 4.19. The van der Waals surface area contributed by atoms with Crippen molar-refractivity contribution in [2.75, 3.05) is 37.7 Å². The van der Waals surface area contributed by atoms with Crippen LogP contribution in [0.4, 0.5) is 10.1 Å². The van der Waals surface area contributed by atoms with Crippen LogP contribution in [-0.2, 0) is 14.3 Å². The number of aromatic nitrogens is 1. The zero-order valence-corrected chi connectivity index (χ0v) is 15.7. The number of piperazine rings is 1. The minimum atomic E-state index is -0.584. The number of amides is 1. The highest BCUT2D eigenvalue weighted by atomic mass is 32.1. The summed E-state index contributed by atoms with van der Waals surface area (Å²) in [6, 6.07) is 6.59. The van der Waals surface area contributed by atoms with Gasteiger partial charge >= 0.3 is 5.97 Å². The van der Waals surface area contributed by atoms with Gasteiger partial charge in [-0.25, -0.2) is 14.2 Å². The highest BCUT2D eigenvalue weighted by Gasteiger charge is 2.23. The molecule has 0 N–H and O–H groups in total. The van der Waals surface area contributed by atoms with Crippen LogP contribution in [0.15, 0.2) is 35.7 Å².